The first-order valence-corrected chi connectivity index (χ1v) is 6.21. The van der Waals surface area contributed by atoms with E-state index in [1.165, 1.54) is 11.1 Å². The van der Waals surface area contributed by atoms with Gasteiger partial charge >= 0.3 is 0 Å². The van der Waals surface area contributed by atoms with E-state index in [0.29, 0.717) is 12.1 Å². The average Bonchev–Trinajstić information content (AvgIpc) is 2.28. The van der Waals surface area contributed by atoms with Crippen molar-refractivity contribution in [1.29, 1.82) is 0 Å². The largest absolute Gasteiger partial charge is 0.312 e. The van der Waals surface area contributed by atoms with Gasteiger partial charge in [-0.05, 0) is 26.3 Å². The Kier molecular flexibility index (Phi) is 5.44. The van der Waals surface area contributed by atoms with Gasteiger partial charge < -0.3 is 5.32 Å². The number of hydrogen-bond acceptors (Lipinski definition) is 2. The van der Waals surface area contributed by atoms with E-state index >= 15 is 0 Å². The fourth-order valence-electron chi connectivity index (χ4n) is 2.45. The average molecular weight is 255 g/mol. The molecule has 1 aliphatic heterocycles. The van der Waals surface area contributed by atoms with E-state index in [2.05, 4.69) is 55.3 Å². The van der Waals surface area contributed by atoms with Crippen LogP contribution in [0.4, 0.5) is 0 Å². The lowest BCUT2D eigenvalue weighted by Gasteiger charge is -2.36. The van der Waals surface area contributed by atoms with Gasteiger partial charge in [-0.25, -0.2) is 0 Å². The molecule has 0 aromatic heterocycles. The van der Waals surface area contributed by atoms with Gasteiger partial charge in [-0.2, -0.15) is 0 Å². The predicted octanol–water partition coefficient (Wildman–Crippen LogP) is 2.77. The summed E-state index contributed by atoms with van der Waals surface area (Å²) in [4.78, 5) is 2.57. The summed E-state index contributed by atoms with van der Waals surface area (Å²) < 4.78 is 0. The molecule has 1 aromatic carbocycles. The van der Waals surface area contributed by atoms with Crippen molar-refractivity contribution >= 4 is 12.4 Å². The van der Waals surface area contributed by atoms with Crippen LogP contribution in [-0.2, 0) is 0 Å². The summed E-state index contributed by atoms with van der Waals surface area (Å²) in [6, 6.07) is 10.0. The zero-order valence-electron chi connectivity index (χ0n) is 10.9. The van der Waals surface area contributed by atoms with Gasteiger partial charge in [0, 0.05) is 31.7 Å². The first kappa shape index (κ1) is 14.5. The molecule has 1 fully saturated rings. The van der Waals surface area contributed by atoms with Crippen LogP contribution in [0.5, 0.6) is 0 Å². The van der Waals surface area contributed by atoms with Crippen LogP contribution < -0.4 is 5.32 Å². The first-order chi connectivity index (χ1) is 7.66. The van der Waals surface area contributed by atoms with Crippen molar-refractivity contribution in [2.75, 3.05) is 19.6 Å². The Morgan fingerprint density at radius 3 is 2.82 bits per heavy atom. The van der Waals surface area contributed by atoms with Crippen molar-refractivity contribution < 1.29 is 0 Å². The molecule has 1 aliphatic rings. The molecule has 2 atom stereocenters. The predicted molar refractivity (Wildman–Crippen MR) is 75.9 cm³/mol. The molecule has 2 rings (SSSR count). The summed E-state index contributed by atoms with van der Waals surface area (Å²) in [5.41, 5.74) is 2.79. The molecule has 0 spiro atoms. The summed E-state index contributed by atoms with van der Waals surface area (Å²) in [5, 5.41) is 3.49. The molecule has 0 saturated carbocycles. The highest BCUT2D eigenvalue weighted by molar-refractivity contribution is 5.85. The van der Waals surface area contributed by atoms with Gasteiger partial charge in [-0.1, -0.05) is 29.8 Å². The number of aryl methyl sites for hydroxylation is 1. The molecule has 1 saturated heterocycles. The number of nitrogens with zero attached hydrogens (tertiary/aromatic N) is 1. The topological polar surface area (TPSA) is 15.3 Å². The summed E-state index contributed by atoms with van der Waals surface area (Å²) >= 11 is 0. The van der Waals surface area contributed by atoms with Crippen LogP contribution in [0.25, 0.3) is 0 Å². The first-order valence-electron chi connectivity index (χ1n) is 6.21. The zero-order valence-corrected chi connectivity index (χ0v) is 11.8. The van der Waals surface area contributed by atoms with E-state index in [4.69, 9.17) is 0 Å². The third kappa shape index (κ3) is 3.70. The second-order valence-corrected chi connectivity index (χ2v) is 4.94. The van der Waals surface area contributed by atoms with E-state index in [-0.39, 0.29) is 12.4 Å². The van der Waals surface area contributed by atoms with Crippen molar-refractivity contribution in [2.24, 2.45) is 0 Å². The molecule has 0 radical (unpaired) electrons. The maximum absolute atomic E-state index is 3.49. The van der Waals surface area contributed by atoms with Crippen molar-refractivity contribution in [1.82, 2.24) is 10.2 Å². The molecule has 2 nitrogen and oxygen atoms in total. The number of nitrogens with one attached hydrogen (secondary N) is 1. The molecule has 96 valence electrons. The van der Waals surface area contributed by atoms with Crippen LogP contribution in [0.1, 0.15) is 31.0 Å². The lowest BCUT2D eigenvalue weighted by Crippen LogP contribution is -2.49. The van der Waals surface area contributed by atoms with Gasteiger partial charge in [0.15, 0.2) is 0 Å². The minimum absolute atomic E-state index is 0. The Morgan fingerprint density at radius 2 is 2.18 bits per heavy atom. The lowest BCUT2D eigenvalue weighted by atomic mass is 10.0. The van der Waals surface area contributed by atoms with E-state index < -0.39 is 0 Å². The Balaban J connectivity index is 0.00000144. The molecule has 17 heavy (non-hydrogen) atoms. The highest BCUT2D eigenvalue weighted by atomic mass is 35.5. The van der Waals surface area contributed by atoms with Crippen LogP contribution in [0, 0.1) is 6.92 Å². The Bertz CT molecular complexity index is 354. The van der Waals surface area contributed by atoms with Gasteiger partial charge in [-0.15, -0.1) is 12.4 Å². The molecular formula is C14H23ClN2. The summed E-state index contributed by atoms with van der Waals surface area (Å²) in [6.45, 7) is 10.1. The highest BCUT2D eigenvalue weighted by Gasteiger charge is 2.21. The van der Waals surface area contributed by atoms with Gasteiger partial charge in [-0.3, -0.25) is 4.90 Å². The summed E-state index contributed by atoms with van der Waals surface area (Å²) in [7, 11) is 0. The third-order valence-electron chi connectivity index (χ3n) is 3.47. The molecule has 1 aromatic rings. The molecular weight excluding hydrogens is 232 g/mol. The minimum atomic E-state index is 0. The third-order valence-corrected chi connectivity index (χ3v) is 3.47. The molecule has 0 bridgehead atoms. The SMILES string of the molecule is Cc1cccc(C(C)N2CCNC(C)C2)c1.Cl. The number of benzene rings is 1. The Labute approximate surface area is 111 Å². The van der Waals surface area contributed by atoms with E-state index in [0.717, 1.165) is 19.6 Å². The molecule has 0 aliphatic carbocycles. The second kappa shape index (κ2) is 6.39. The van der Waals surface area contributed by atoms with Crippen LogP contribution in [0.15, 0.2) is 24.3 Å². The number of hydrogen-bond donors (Lipinski definition) is 1. The van der Waals surface area contributed by atoms with Crippen LogP contribution in [0.3, 0.4) is 0 Å². The van der Waals surface area contributed by atoms with Gasteiger partial charge in [0.2, 0.25) is 0 Å². The smallest absolute Gasteiger partial charge is 0.0321 e. The molecule has 1 heterocycles. The van der Waals surface area contributed by atoms with Crippen LogP contribution in [0.2, 0.25) is 0 Å². The lowest BCUT2D eigenvalue weighted by molar-refractivity contribution is 0.158. The fraction of sp³-hybridized carbons (Fsp3) is 0.571. The molecule has 1 N–H and O–H groups in total. The number of piperazine rings is 1. The summed E-state index contributed by atoms with van der Waals surface area (Å²) in [6.07, 6.45) is 0. The number of rotatable bonds is 2. The molecule has 0 amide bonds. The zero-order chi connectivity index (χ0) is 11.5. The summed E-state index contributed by atoms with van der Waals surface area (Å²) in [5.74, 6) is 0. The van der Waals surface area contributed by atoms with Gasteiger partial charge in [0.05, 0.1) is 0 Å². The van der Waals surface area contributed by atoms with Crippen molar-refractivity contribution in [3.05, 3.63) is 35.4 Å². The minimum Gasteiger partial charge on any atom is -0.312 e. The monoisotopic (exact) mass is 254 g/mol. The van der Waals surface area contributed by atoms with Crippen molar-refractivity contribution in [3.63, 3.8) is 0 Å². The van der Waals surface area contributed by atoms with Crippen molar-refractivity contribution in [3.8, 4) is 0 Å². The van der Waals surface area contributed by atoms with Gasteiger partial charge in [0.25, 0.3) is 0 Å². The van der Waals surface area contributed by atoms with Crippen molar-refractivity contribution in [2.45, 2.75) is 32.9 Å². The maximum Gasteiger partial charge on any atom is 0.0321 e. The maximum atomic E-state index is 3.49. The Hall–Kier alpha value is -0.570. The van der Waals surface area contributed by atoms with Gasteiger partial charge in [0.1, 0.15) is 0 Å². The standard InChI is InChI=1S/C14H22N2.ClH/c1-11-5-4-6-14(9-11)13(3)16-8-7-15-12(2)10-16;/h4-6,9,12-13,15H,7-8,10H2,1-3H3;1H. The molecule has 2 unspecified atom stereocenters. The van der Waals surface area contributed by atoms with E-state index in [1.807, 2.05) is 0 Å². The van der Waals surface area contributed by atoms with Crippen LogP contribution in [-0.4, -0.2) is 30.6 Å². The Morgan fingerprint density at radius 1 is 1.41 bits per heavy atom. The number of halogens is 1. The fourth-order valence-corrected chi connectivity index (χ4v) is 2.45. The normalized spacial score (nSPS) is 22.9. The molecule has 3 heteroatoms. The second-order valence-electron chi connectivity index (χ2n) is 4.94. The van der Waals surface area contributed by atoms with Crippen LogP contribution >= 0.6 is 12.4 Å². The highest BCUT2D eigenvalue weighted by Crippen LogP contribution is 2.21. The van der Waals surface area contributed by atoms with E-state index in [9.17, 15) is 0 Å². The van der Waals surface area contributed by atoms with E-state index in [1.54, 1.807) is 0 Å². The quantitative estimate of drug-likeness (QED) is 0.873.